The lowest BCUT2D eigenvalue weighted by Gasteiger charge is -2.37. The van der Waals surface area contributed by atoms with E-state index in [0.717, 1.165) is 44.1 Å². The number of carbonyl (C=O) groups excluding carboxylic acids is 1. The normalized spacial score (nSPS) is 20.3. The maximum atomic E-state index is 14.1. The van der Waals surface area contributed by atoms with Crippen LogP contribution in [0.3, 0.4) is 0 Å². The summed E-state index contributed by atoms with van der Waals surface area (Å²) in [5.74, 6) is -0.204. The van der Waals surface area contributed by atoms with Crippen LogP contribution in [0.4, 0.5) is 4.39 Å². The topological polar surface area (TPSA) is 29.4 Å². The van der Waals surface area contributed by atoms with Gasteiger partial charge in [-0.1, -0.05) is 6.07 Å². The van der Waals surface area contributed by atoms with E-state index in [1.807, 2.05) is 6.07 Å². The molecule has 0 amide bonds. The van der Waals surface area contributed by atoms with Crippen LogP contribution in [-0.4, -0.2) is 6.08 Å². The highest BCUT2D eigenvalue weighted by atomic mass is 19.1. The van der Waals surface area contributed by atoms with Gasteiger partial charge in [-0.3, -0.25) is 0 Å². The molecule has 0 saturated heterocycles. The molecule has 2 aliphatic rings. The summed E-state index contributed by atoms with van der Waals surface area (Å²) in [6.07, 6.45) is 7.22. The average molecular weight is 231 g/mol. The highest BCUT2D eigenvalue weighted by Gasteiger charge is 2.41. The van der Waals surface area contributed by atoms with Crippen LogP contribution >= 0.6 is 0 Å². The molecule has 0 unspecified atom stereocenters. The predicted octanol–water partition coefficient (Wildman–Crippen LogP) is 3.03. The van der Waals surface area contributed by atoms with Gasteiger partial charge >= 0.3 is 0 Å². The Labute approximate surface area is 99.6 Å². The minimum atomic E-state index is -0.608. The standard InChI is InChI=1S/C14H14FNO/c15-13-8-11-4-1-3-10(11)7-12(13)14(16-9-17)5-2-6-14/h7-8H,1-6H2. The number of halogens is 1. The van der Waals surface area contributed by atoms with Crippen LogP contribution in [0, 0.1) is 5.82 Å². The molecular formula is C14H14FNO. The SMILES string of the molecule is O=C=NC1(c2cc3c(cc2F)CCC3)CCC1. The van der Waals surface area contributed by atoms with Crippen molar-refractivity contribution in [2.45, 2.75) is 44.1 Å². The number of rotatable bonds is 2. The van der Waals surface area contributed by atoms with Crippen molar-refractivity contribution in [2.24, 2.45) is 4.99 Å². The second-order valence-electron chi connectivity index (χ2n) is 5.04. The molecule has 0 atom stereocenters. The van der Waals surface area contributed by atoms with Crippen LogP contribution in [0.2, 0.25) is 0 Å². The summed E-state index contributed by atoms with van der Waals surface area (Å²) in [6, 6.07) is 3.57. The van der Waals surface area contributed by atoms with Gasteiger partial charge in [0.15, 0.2) is 0 Å². The maximum Gasteiger partial charge on any atom is 0.235 e. The van der Waals surface area contributed by atoms with Crippen LogP contribution < -0.4 is 0 Å². The molecule has 1 saturated carbocycles. The lowest BCUT2D eigenvalue weighted by atomic mass is 9.71. The lowest BCUT2D eigenvalue weighted by molar-refractivity contribution is 0.247. The van der Waals surface area contributed by atoms with Crippen LogP contribution in [-0.2, 0) is 23.2 Å². The fraction of sp³-hybridized carbons (Fsp3) is 0.500. The molecule has 1 fully saturated rings. The number of nitrogens with zero attached hydrogens (tertiary/aromatic N) is 1. The highest BCUT2D eigenvalue weighted by molar-refractivity contribution is 5.44. The van der Waals surface area contributed by atoms with Gasteiger partial charge in [0.05, 0.1) is 0 Å². The number of hydrogen-bond donors (Lipinski definition) is 0. The first-order chi connectivity index (χ1) is 8.25. The number of hydrogen-bond acceptors (Lipinski definition) is 2. The summed E-state index contributed by atoms with van der Waals surface area (Å²) in [7, 11) is 0. The second-order valence-corrected chi connectivity index (χ2v) is 5.04. The van der Waals surface area contributed by atoms with Gasteiger partial charge in [-0.2, -0.15) is 4.99 Å². The molecule has 88 valence electrons. The van der Waals surface area contributed by atoms with Gasteiger partial charge in [0, 0.05) is 5.56 Å². The van der Waals surface area contributed by atoms with Crippen molar-refractivity contribution in [1.29, 1.82) is 0 Å². The van der Waals surface area contributed by atoms with E-state index in [4.69, 9.17) is 0 Å². The Morgan fingerprint density at radius 3 is 2.47 bits per heavy atom. The fourth-order valence-electron chi connectivity index (χ4n) is 2.99. The van der Waals surface area contributed by atoms with Crippen molar-refractivity contribution in [3.63, 3.8) is 0 Å². The Balaban J connectivity index is 2.11. The summed E-state index contributed by atoms with van der Waals surface area (Å²) in [4.78, 5) is 14.4. The van der Waals surface area contributed by atoms with Crippen LogP contribution in [0.25, 0.3) is 0 Å². The first-order valence-electron chi connectivity index (χ1n) is 6.16. The Morgan fingerprint density at radius 1 is 1.18 bits per heavy atom. The summed E-state index contributed by atoms with van der Waals surface area (Å²) in [5, 5.41) is 0. The Hall–Kier alpha value is -1.47. The van der Waals surface area contributed by atoms with Gasteiger partial charge in [0.1, 0.15) is 11.4 Å². The number of fused-ring (bicyclic) bond motifs is 1. The van der Waals surface area contributed by atoms with Crippen LogP contribution in [0.1, 0.15) is 42.4 Å². The molecule has 0 heterocycles. The van der Waals surface area contributed by atoms with Crippen molar-refractivity contribution >= 4 is 6.08 Å². The second kappa shape index (κ2) is 3.78. The first-order valence-corrected chi connectivity index (χ1v) is 6.16. The van der Waals surface area contributed by atoms with Gasteiger partial charge in [0.25, 0.3) is 0 Å². The third-order valence-corrected chi connectivity index (χ3v) is 4.12. The number of aryl methyl sites for hydroxylation is 2. The highest BCUT2D eigenvalue weighted by Crippen LogP contribution is 2.46. The first kappa shape index (κ1) is 10.7. The molecule has 1 aromatic carbocycles. The van der Waals surface area contributed by atoms with E-state index >= 15 is 0 Å². The molecule has 0 spiro atoms. The molecule has 0 aromatic heterocycles. The zero-order valence-corrected chi connectivity index (χ0v) is 9.63. The molecule has 2 aliphatic carbocycles. The van der Waals surface area contributed by atoms with E-state index in [2.05, 4.69) is 4.99 Å². The van der Waals surface area contributed by atoms with Gasteiger partial charge in [-0.25, -0.2) is 9.18 Å². The summed E-state index contributed by atoms with van der Waals surface area (Å²) >= 11 is 0. The quantitative estimate of drug-likeness (QED) is 0.568. The molecular weight excluding hydrogens is 217 g/mol. The van der Waals surface area contributed by atoms with E-state index in [1.165, 1.54) is 5.56 Å². The smallest absolute Gasteiger partial charge is 0.211 e. The van der Waals surface area contributed by atoms with Crippen molar-refractivity contribution in [3.8, 4) is 0 Å². The Bertz CT molecular complexity index is 513. The van der Waals surface area contributed by atoms with Gasteiger partial charge < -0.3 is 0 Å². The minimum Gasteiger partial charge on any atom is -0.211 e. The lowest BCUT2D eigenvalue weighted by Crippen LogP contribution is -2.33. The Morgan fingerprint density at radius 2 is 1.88 bits per heavy atom. The molecule has 0 bridgehead atoms. The zero-order valence-electron chi connectivity index (χ0n) is 9.63. The summed E-state index contributed by atoms with van der Waals surface area (Å²) in [5.41, 5.74) is 2.35. The van der Waals surface area contributed by atoms with Crippen molar-refractivity contribution in [2.75, 3.05) is 0 Å². The molecule has 17 heavy (non-hydrogen) atoms. The molecule has 0 N–H and O–H groups in total. The third-order valence-electron chi connectivity index (χ3n) is 4.12. The largest absolute Gasteiger partial charge is 0.235 e. The van der Waals surface area contributed by atoms with E-state index < -0.39 is 5.54 Å². The zero-order chi connectivity index (χ0) is 11.9. The fourth-order valence-corrected chi connectivity index (χ4v) is 2.99. The number of benzene rings is 1. The predicted molar refractivity (Wildman–Crippen MR) is 62.1 cm³/mol. The van der Waals surface area contributed by atoms with E-state index in [0.29, 0.717) is 5.56 Å². The number of aliphatic imine (C=N–C) groups is 1. The average Bonchev–Trinajstić information content (AvgIpc) is 2.69. The number of isocyanates is 1. The summed E-state index contributed by atoms with van der Waals surface area (Å²) < 4.78 is 14.1. The van der Waals surface area contributed by atoms with Crippen molar-refractivity contribution in [1.82, 2.24) is 0 Å². The van der Waals surface area contributed by atoms with E-state index in [-0.39, 0.29) is 5.82 Å². The van der Waals surface area contributed by atoms with Crippen LogP contribution in [0.15, 0.2) is 17.1 Å². The van der Waals surface area contributed by atoms with Gasteiger partial charge in [0.2, 0.25) is 6.08 Å². The molecule has 2 nitrogen and oxygen atoms in total. The monoisotopic (exact) mass is 231 g/mol. The van der Waals surface area contributed by atoms with Crippen molar-refractivity contribution < 1.29 is 9.18 Å². The molecule has 0 radical (unpaired) electrons. The van der Waals surface area contributed by atoms with Crippen molar-refractivity contribution in [3.05, 3.63) is 34.6 Å². The van der Waals surface area contributed by atoms with Crippen LogP contribution in [0.5, 0.6) is 0 Å². The van der Waals surface area contributed by atoms with E-state index in [9.17, 15) is 9.18 Å². The molecule has 1 aromatic rings. The van der Waals surface area contributed by atoms with Gasteiger partial charge in [-0.15, -0.1) is 0 Å². The molecule has 3 heteroatoms. The third kappa shape index (κ3) is 1.54. The maximum absolute atomic E-state index is 14.1. The minimum absolute atomic E-state index is 0.204. The molecule has 3 rings (SSSR count). The van der Waals surface area contributed by atoms with E-state index in [1.54, 1.807) is 12.1 Å². The van der Waals surface area contributed by atoms with Gasteiger partial charge in [-0.05, 0) is 55.7 Å². The summed E-state index contributed by atoms with van der Waals surface area (Å²) in [6.45, 7) is 0. The molecule has 0 aliphatic heterocycles. The Kier molecular flexibility index (Phi) is 2.37.